The molecule has 0 saturated carbocycles. The first-order valence-electron chi connectivity index (χ1n) is 8.12. The second kappa shape index (κ2) is 8.05. The molecule has 0 spiro atoms. The molecule has 0 fully saturated rings. The van der Waals surface area contributed by atoms with Gasteiger partial charge in [0.1, 0.15) is 5.75 Å². The highest BCUT2D eigenvalue weighted by Gasteiger charge is 2.33. The number of nitrogens with one attached hydrogen (secondary N) is 1. The molecule has 0 aliphatic carbocycles. The summed E-state index contributed by atoms with van der Waals surface area (Å²) in [6, 6.07) is 12.7. The van der Waals surface area contributed by atoms with Crippen molar-refractivity contribution in [3.8, 4) is 11.4 Å². The van der Waals surface area contributed by atoms with E-state index in [2.05, 4.69) is 26.3 Å². The van der Waals surface area contributed by atoms with E-state index in [-0.39, 0.29) is 12.5 Å². The zero-order chi connectivity index (χ0) is 20.3. The third-order valence-electron chi connectivity index (χ3n) is 3.95. The predicted molar refractivity (Wildman–Crippen MR) is 100 cm³/mol. The van der Waals surface area contributed by atoms with E-state index < -0.39 is 11.9 Å². The van der Waals surface area contributed by atoms with Gasteiger partial charge in [-0.25, -0.2) is 4.68 Å². The molecule has 1 N–H and O–H groups in total. The fourth-order valence-electron chi connectivity index (χ4n) is 2.47. The molecule has 1 aromatic heterocycles. The first-order valence-corrected chi connectivity index (χ1v) is 8.91. The van der Waals surface area contributed by atoms with Gasteiger partial charge in [0.15, 0.2) is 5.69 Å². The lowest BCUT2D eigenvalue weighted by atomic mass is 10.1. The lowest BCUT2D eigenvalue weighted by Crippen LogP contribution is -2.23. The van der Waals surface area contributed by atoms with Crippen molar-refractivity contribution in [1.82, 2.24) is 15.1 Å². The van der Waals surface area contributed by atoms with Gasteiger partial charge >= 0.3 is 6.18 Å². The number of alkyl halides is 3. The molecule has 1 heterocycles. The van der Waals surface area contributed by atoms with Crippen molar-refractivity contribution in [1.29, 1.82) is 0 Å². The first kappa shape index (κ1) is 19.9. The Kier molecular flexibility index (Phi) is 5.73. The maximum atomic E-state index is 12.6. The number of carbonyl (C=O) groups excluding carboxylic acids is 1. The summed E-state index contributed by atoms with van der Waals surface area (Å²) in [5, 5.41) is 6.32. The SMILES string of the molecule is COc1ccc(Br)c(C(=O)NCc2ccc(-n3ccc(C(F)(F)F)n3)cc2)c1. The Balaban J connectivity index is 1.66. The highest BCUT2D eigenvalue weighted by Crippen LogP contribution is 2.28. The molecular weight excluding hydrogens is 439 g/mol. The zero-order valence-corrected chi connectivity index (χ0v) is 16.2. The first-order chi connectivity index (χ1) is 13.3. The Morgan fingerprint density at radius 3 is 2.50 bits per heavy atom. The van der Waals surface area contributed by atoms with Gasteiger partial charge in [0.05, 0.1) is 18.4 Å². The van der Waals surface area contributed by atoms with Gasteiger partial charge in [-0.3, -0.25) is 4.79 Å². The predicted octanol–water partition coefficient (Wildman–Crippen LogP) is 4.59. The second-order valence-corrected chi connectivity index (χ2v) is 6.69. The van der Waals surface area contributed by atoms with Crippen LogP contribution in [0.15, 0.2) is 59.2 Å². The van der Waals surface area contributed by atoms with Crippen molar-refractivity contribution in [3.63, 3.8) is 0 Å². The average Bonchev–Trinajstić information content (AvgIpc) is 3.17. The smallest absolute Gasteiger partial charge is 0.435 e. The molecule has 146 valence electrons. The van der Waals surface area contributed by atoms with Gasteiger partial charge in [0, 0.05) is 17.2 Å². The van der Waals surface area contributed by atoms with Crippen LogP contribution in [-0.2, 0) is 12.7 Å². The number of amides is 1. The van der Waals surface area contributed by atoms with Crippen LogP contribution in [0.5, 0.6) is 5.75 Å². The van der Waals surface area contributed by atoms with E-state index in [1.165, 1.54) is 13.3 Å². The molecule has 0 aliphatic heterocycles. The topological polar surface area (TPSA) is 56.1 Å². The largest absolute Gasteiger partial charge is 0.497 e. The Bertz CT molecular complexity index is 985. The van der Waals surface area contributed by atoms with Gasteiger partial charge in [0.2, 0.25) is 0 Å². The molecule has 5 nitrogen and oxygen atoms in total. The number of ether oxygens (including phenoxy) is 1. The van der Waals surface area contributed by atoms with Gasteiger partial charge < -0.3 is 10.1 Å². The maximum Gasteiger partial charge on any atom is 0.435 e. The summed E-state index contributed by atoms with van der Waals surface area (Å²) in [5.74, 6) is 0.284. The van der Waals surface area contributed by atoms with E-state index in [1.54, 1.807) is 42.5 Å². The summed E-state index contributed by atoms with van der Waals surface area (Å²) in [5.41, 5.74) is 0.764. The minimum absolute atomic E-state index is 0.260. The number of methoxy groups -OCH3 is 1. The van der Waals surface area contributed by atoms with Crippen LogP contribution in [0.2, 0.25) is 0 Å². The number of hydrogen-bond donors (Lipinski definition) is 1. The van der Waals surface area contributed by atoms with Crippen LogP contribution < -0.4 is 10.1 Å². The number of rotatable bonds is 5. The standard InChI is InChI=1S/C19H15BrF3N3O2/c1-28-14-6-7-16(20)15(10-14)18(27)24-11-12-2-4-13(5-3-12)26-9-8-17(25-26)19(21,22)23/h2-10H,11H2,1H3,(H,24,27). The fourth-order valence-corrected chi connectivity index (χ4v) is 2.90. The number of nitrogens with zero attached hydrogens (tertiary/aromatic N) is 2. The molecule has 0 aliphatic rings. The quantitative estimate of drug-likeness (QED) is 0.614. The third kappa shape index (κ3) is 4.53. The Morgan fingerprint density at radius 1 is 1.18 bits per heavy atom. The summed E-state index contributed by atoms with van der Waals surface area (Å²) in [7, 11) is 1.52. The van der Waals surface area contributed by atoms with Crippen molar-refractivity contribution in [3.05, 3.63) is 76.0 Å². The van der Waals surface area contributed by atoms with Crippen molar-refractivity contribution >= 4 is 21.8 Å². The molecule has 2 aromatic carbocycles. The van der Waals surface area contributed by atoms with E-state index in [0.717, 1.165) is 16.3 Å². The van der Waals surface area contributed by atoms with Crippen LogP contribution in [0.3, 0.4) is 0 Å². The molecule has 0 bridgehead atoms. The highest BCUT2D eigenvalue weighted by atomic mass is 79.9. The Hall–Kier alpha value is -2.81. The van der Waals surface area contributed by atoms with E-state index in [9.17, 15) is 18.0 Å². The van der Waals surface area contributed by atoms with Crippen LogP contribution >= 0.6 is 15.9 Å². The van der Waals surface area contributed by atoms with Crippen LogP contribution in [-0.4, -0.2) is 22.8 Å². The Morgan fingerprint density at radius 2 is 1.89 bits per heavy atom. The maximum absolute atomic E-state index is 12.6. The summed E-state index contributed by atoms with van der Waals surface area (Å²) < 4.78 is 44.8. The number of halogens is 4. The monoisotopic (exact) mass is 453 g/mol. The zero-order valence-electron chi connectivity index (χ0n) is 14.6. The van der Waals surface area contributed by atoms with E-state index >= 15 is 0 Å². The molecule has 0 unspecified atom stereocenters. The lowest BCUT2D eigenvalue weighted by molar-refractivity contribution is -0.141. The molecule has 3 rings (SSSR count). The fraction of sp³-hybridized carbons (Fsp3) is 0.158. The molecule has 1 amide bonds. The van der Waals surface area contributed by atoms with Crippen molar-refractivity contribution in [2.45, 2.75) is 12.7 Å². The number of carbonyl (C=O) groups is 1. The van der Waals surface area contributed by atoms with E-state index in [1.807, 2.05) is 0 Å². The van der Waals surface area contributed by atoms with Crippen LogP contribution in [0.1, 0.15) is 21.6 Å². The summed E-state index contributed by atoms with van der Waals surface area (Å²) >= 11 is 3.33. The van der Waals surface area contributed by atoms with Gasteiger partial charge in [-0.15, -0.1) is 0 Å². The van der Waals surface area contributed by atoms with Gasteiger partial charge in [-0.2, -0.15) is 18.3 Å². The summed E-state index contributed by atoms with van der Waals surface area (Å²) in [4.78, 5) is 12.4. The van der Waals surface area contributed by atoms with E-state index in [0.29, 0.717) is 21.5 Å². The van der Waals surface area contributed by atoms with E-state index in [4.69, 9.17) is 4.74 Å². The normalized spacial score (nSPS) is 11.3. The van der Waals surface area contributed by atoms with Crippen molar-refractivity contribution in [2.75, 3.05) is 7.11 Å². The highest BCUT2D eigenvalue weighted by molar-refractivity contribution is 9.10. The van der Waals surface area contributed by atoms with Crippen LogP contribution in [0.25, 0.3) is 5.69 Å². The van der Waals surface area contributed by atoms with Gasteiger partial charge in [-0.05, 0) is 57.9 Å². The van der Waals surface area contributed by atoms with Crippen LogP contribution in [0.4, 0.5) is 13.2 Å². The molecular formula is C19H15BrF3N3O2. The summed E-state index contributed by atoms with van der Waals surface area (Å²) in [6.45, 7) is 0.260. The van der Waals surface area contributed by atoms with Gasteiger partial charge in [0.25, 0.3) is 5.91 Å². The number of benzene rings is 2. The molecule has 0 radical (unpaired) electrons. The van der Waals surface area contributed by atoms with Crippen LogP contribution in [0, 0.1) is 0 Å². The molecule has 9 heteroatoms. The van der Waals surface area contributed by atoms with Gasteiger partial charge in [-0.1, -0.05) is 12.1 Å². The minimum Gasteiger partial charge on any atom is -0.497 e. The van der Waals surface area contributed by atoms with Crippen molar-refractivity contribution in [2.24, 2.45) is 0 Å². The Labute approximate surface area is 167 Å². The molecule has 3 aromatic rings. The lowest BCUT2D eigenvalue weighted by Gasteiger charge is -2.09. The third-order valence-corrected chi connectivity index (χ3v) is 4.64. The summed E-state index contributed by atoms with van der Waals surface area (Å²) in [6.07, 6.45) is -3.23. The average molecular weight is 454 g/mol. The molecule has 0 saturated heterocycles. The number of hydrogen-bond acceptors (Lipinski definition) is 3. The molecule has 0 atom stereocenters. The van der Waals surface area contributed by atoms with Crippen molar-refractivity contribution < 1.29 is 22.7 Å². The minimum atomic E-state index is -4.48. The molecule has 28 heavy (non-hydrogen) atoms. The number of aromatic nitrogens is 2. The second-order valence-electron chi connectivity index (χ2n) is 5.84.